The summed E-state index contributed by atoms with van der Waals surface area (Å²) < 4.78 is 80.8. The molecular weight excluding hydrogens is 487 g/mol. The summed E-state index contributed by atoms with van der Waals surface area (Å²) in [6, 6.07) is 7.85. The Labute approximate surface area is 202 Å². The Bertz CT molecular complexity index is 1140. The Morgan fingerprint density at radius 2 is 1.91 bits per heavy atom. The molecule has 0 spiro atoms. The Morgan fingerprint density at radius 1 is 1.17 bits per heavy atom. The highest BCUT2D eigenvalue weighted by Crippen LogP contribution is 2.34. The maximum atomic E-state index is 13.0. The number of amides is 1. The highest BCUT2D eigenvalue weighted by atomic mass is 32.2. The second-order valence-corrected chi connectivity index (χ2v) is 10.1. The summed E-state index contributed by atoms with van der Waals surface area (Å²) in [5.74, 6) is -0.469. The van der Waals surface area contributed by atoms with E-state index in [1.807, 2.05) is 0 Å². The van der Waals surface area contributed by atoms with Crippen LogP contribution in [-0.4, -0.2) is 45.6 Å². The van der Waals surface area contributed by atoms with Crippen LogP contribution in [0.3, 0.4) is 0 Å². The van der Waals surface area contributed by atoms with E-state index < -0.39 is 26.8 Å². The Kier molecular flexibility index (Phi) is 8.32. The van der Waals surface area contributed by atoms with Gasteiger partial charge in [0.05, 0.1) is 18.8 Å². The van der Waals surface area contributed by atoms with Gasteiger partial charge in [-0.05, 0) is 48.7 Å². The predicted octanol–water partition coefficient (Wildman–Crippen LogP) is 4.65. The SMILES string of the molecule is COc1ccc(CN(C[C@@H]2CCCO2)C(=O)C(C)C)cc1OS(=O)(=O)c1cccc(C(F)(F)F)c1. The number of nitrogens with zero attached hydrogens (tertiary/aromatic N) is 1. The molecule has 1 fully saturated rings. The topological polar surface area (TPSA) is 82.1 Å². The van der Waals surface area contributed by atoms with Gasteiger partial charge in [0, 0.05) is 25.6 Å². The highest BCUT2D eigenvalue weighted by molar-refractivity contribution is 7.87. The third-order valence-corrected chi connectivity index (χ3v) is 6.73. The van der Waals surface area contributed by atoms with E-state index >= 15 is 0 Å². The lowest BCUT2D eigenvalue weighted by molar-refractivity contribution is -0.138. The van der Waals surface area contributed by atoms with E-state index in [1.54, 1.807) is 24.8 Å². The first-order chi connectivity index (χ1) is 16.4. The van der Waals surface area contributed by atoms with Crippen molar-refractivity contribution in [3.8, 4) is 11.5 Å². The lowest BCUT2D eigenvalue weighted by Gasteiger charge is -2.27. The summed E-state index contributed by atoms with van der Waals surface area (Å²) in [5, 5.41) is 0. The molecule has 1 heterocycles. The van der Waals surface area contributed by atoms with Gasteiger partial charge in [0.1, 0.15) is 4.90 Å². The Balaban J connectivity index is 1.88. The van der Waals surface area contributed by atoms with Crippen molar-refractivity contribution in [3.63, 3.8) is 0 Å². The number of benzene rings is 2. The molecule has 1 aliphatic heterocycles. The van der Waals surface area contributed by atoms with Crippen LogP contribution in [0.1, 0.15) is 37.8 Å². The molecule has 7 nitrogen and oxygen atoms in total. The van der Waals surface area contributed by atoms with Gasteiger partial charge in [0.15, 0.2) is 11.5 Å². The van der Waals surface area contributed by atoms with Crippen LogP contribution in [0.2, 0.25) is 0 Å². The molecule has 1 amide bonds. The van der Waals surface area contributed by atoms with Gasteiger partial charge in [-0.25, -0.2) is 0 Å². The molecule has 1 atom stereocenters. The standard InChI is InChI=1S/C24H28F3NO6S/c1-16(2)23(29)28(15-19-7-5-11-33-19)14-17-9-10-21(32-3)22(12-17)34-35(30,31)20-8-4-6-18(13-20)24(25,26)27/h4,6,8-10,12-13,16,19H,5,7,11,14-15H2,1-3H3/t19-/m0/s1. The monoisotopic (exact) mass is 515 g/mol. The highest BCUT2D eigenvalue weighted by Gasteiger charge is 2.32. The van der Waals surface area contributed by atoms with Crippen molar-refractivity contribution in [3.05, 3.63) is 53.6 Å². The van der Waals surface area contributed by atoms with E-state index in [0.717, 1.165) is 31.0 Å². The first-order valence-corrected chi connectivity index (χ1v) is 12.5. The van der Waals surface area contributed by atoms with Gasteiger partial charge in [0.2, 0.25) is 5.91 Å². The smallest absolute Gasteiger partial charge is 0.416 e. The van der Waals surface area contributed by atoms with Gasteiger partial charge in [-0.3, -0.25) is 4.79 Å². The molecule has 0 unspecified atom stereocenters. The number of alkyl halides is 3. The number of carbonyl (C=O) groups excluding carboxylic acids is 1. The lowest BCUT2D eigenvalue weighted by Crippen LogP contribution is -2.39. The van der Waals surface area contributed by atoms with Crippen molar-refractivity contribution in [1.82, 2.24) is 4.90 Å². The number of rotatable bonds is 9. The normalized spacial score (nSPS) is 16.4. The second-order valence-electron chi connectivity index (χ2n) is 8.56. The zero-order valence-corrected chi connectivity index (χ0v) is 20.5. The second kappa shape index (κ2) is 10.9. The van der Waals surface area contributed by atoms with Crippen molar-refractivity contribution in [2.24, 2.45) is 5.92 Å². The fourth-order valence-corrected chi connectivity index (χ4v) is 4.71. The summed E-state index contributed by atoms with van der Waals surface area (Å²) in [6.07, 6.45) is -3.03. The van der Waals surface area contributed by atoms with Crippen molar-refractivity contribution >= 4 is 16.0 Å². The van der Waals surface area contributed by atoms with E-state index in [1.165, 1.54) is 19.2 Å². The molecule has 0 saturated carbocycles. The number of hydrogen-bond acceptors (Lipinski definition) is 6. The van der Waals surface area contributed by atoms with Crippen LogP contribution in [0.25, 0.3) is 0 Å². The van der Waals surface area contributed by atoms with E-state index in [4.69, 9.17) is 13.7 Å². The van der Waals surface area contributed by atoms with Gasteiger partial charge in [-0.2, -0.15) is 21.6 Å². The summed E-state index contributed by atoms with van der Waals surface area (Å²) >= 11 is 0. The molecule has 192 valence electrons. The largest absolute Gasteiger partial charge is 0.493 e. The van der Waals surface area contributed by atoms with E-state index in [-0.39, 0.29) is 36.0 Å². The maximum Gasteiger partial charge on any atom is 0.416 e. The quantitative estimate of drug-likeness (QED) is 0.453. The molecular formula is C24H28F3NO6S. The van der Waals surface area contributed by atoms with Gasteiger partial charge >= 0.3 is 16.3 Å². The van der Waals surface area contributed by atoms with Crippen LogP contribution in [0.15, 0.2) is 47.4 Å². The Hall–Kier alpha value is -2.79. The lowest BCUT2D eigenvalue weighted by atomic mass is 10.1. The molecule has 3 rings (SSSR count). The molecule has 1 saturated heterocycles. The van der Waals surface area contributed by atoms with E-state index in [0.29, 0.717) is 24.8 Å². The van der Waals surface area contributed by atoms with Crippen molar-refractivity contribution in [2.75, 3.05) is 20.3 Å². The molecule has 2 aromatic rings. The fraction of sp³-hybridized carbons (Fsp3) is 0.458. The molecule has 0 aliphatic carbocycles. The first-order valence-electron chi connectivity index (χ1n) is 11.1. The average molecular weight is 516 g/mol. The number of hydrogen-bond donors (Lipinski definition) is 0. The third kappa shape index (κ3) is 6.88. The van der Waals surface area contributed by atoms with Crippen molar-refractivity contribution < 1.29 is 40.0 Å². The molecule has 1 aliphatic rings. The van der Waals surface area contributed by atoms with Crippen molar-refractivity contribution in [2.45, 2.75) is 50.4 Å². The average Bonchev–Trinajstić information content (AvgIpc) is 3.31. The first kappa shape index (κ1) is 26.8. The maximum absolute atomic E-state index is 13.0. The van der Waals surface area contributed by atoms with Gasteiger partial charge in [-0.1, -0.05) is 26.0 Å². The van der Waals surface area contributed by atoms with Crippen LogP contribution in [0.4, 0.5) is 13.2 Å². The molecule has 0 radical (unpaired) electrons. The minimum atomic E-state index is -4.71. The van der Waals surface area contributed by atoms with Crippen LogP contribution in [0, 0.1) is 5.92 Å². The van der Waals surface area contributed by atoms with Crippen LogP contribution in [0.5, 0.6) is 11.5 Å². The fourth-order valence-electron chi connectivity index (χ4n) is 3.73. The molecule has 0 aromatic heterocycles. The van der Waals surface area contributed by atoms with Crippen LogP contribution in [-0.2, 0) is 32.4 Å². The number of halogens is 3. The summed E-state index contributed by atoms with van der Waals surface area (Å²) in [6.45, 7) is 4.77. The molecule has 2 aromatic carbocycles. The van der Waals surface area contributed by atoms with Crippen LogP contribution < -0.4 is 8.92 Å². The van der Waals surface area contributed by atoms with Crippen LogP contribution >= 0.6 is 0 Å². The Morgan fingerprint density at radius 3 is 2.51 bits per heavy atom. The summed E-state index contributed by atoms with van der Waals surface area (Å²) in [4.78, 5) is 13.8. The zero-order chi connectivity index (χ0) is 25.8. The van der Waals surface area contributed by atoms with E-state index in [2.05, 4.69) is 0 Å². The minimum Gasteiger partial charge on any atom is -0.493 e. The number of carbonyl (C=O) groups is 1. The van der Waals surface area contributed by atoms with Crippen molar-refractivity contribution in [1.29, 1.82) is 0 Å². The summed E-state index contributed by atoms with van der Waals surface area (Å²) in [5.41, 5.74) is -0.549. The molecule has 0 bridgehead atoms. The zero-order valence-electron chi connectivity index (χ0n) is 19.7. The summed E-state index contributed by atoms with van der Waals surface area (Å²) in [7, 11) is -3.29. The molecule has 0 N–H and O–H groups in total. The van der Waals surface area contributed by atoms with Gasteiger partial charge in [-0.15, -0.1) is 0 Å². The van der Waals surface area contributed by atoms with Gasteiger partial charge < -0.3 is 18.6 Å². The van der Waals surface area contributed by atoms with E-state index in [9.17, 15) is 26.4 Å². The third-order valence-electron chi connectivity index (χ3n) is 5.50. The number of methoxy groups -OCH3 is 1. The predicted molar refractivity (Wildman–Crippen MR) is 121 cm³/mol. The molecule has 35 heavy (non-hydrogen) atoms. The minimum absolute atomic E-state index is 0.0742. The van der Waals surface area contributed by atoms with Gasteiger partial charge in [0.25, 0.3) is 0 Å². The number of ether oxygens (including phenoxy) is 2. The molecule has 11 heteroatoms.